The van der Waals surface area contributed by atoms with Gasteiger partial charge in [0.15, 0.2) is 0 Å². The fourth-order valence-corrected chi connectivity index (χ4v) is 2.88. The first kappa shape index (κ1) is 18.7. The molecule has 0 bridgehead atoms. The summed E-state index contributed by atoms with van der Waals surface area (Å²) in [4.78, 5) is 11.9. The van der Waals surface area contributed by atoms with Crippen LogP contribution in [-0.4, -0.2) is 14.4 Å². The first-order chi connectivity index (χ1) is 12.3. The number of amides is 2. The number of carbonyl (C=O) groups excluding carboxylic acids is 1. The Morgan fingerprint density at radius 2 is 1.58 bits per heavy atom. The number of anilines is 1. The SMILES string of the molecule is Cc1ccc(S(=O)(=O)NC(=O)Nc2ccc(C=C(C#N)C#N)cc2)cc1. The van der Waals surface area contributed by atoms with E-state index in [0.717, 1.165) is 5.56 Å². The summed E-state index contributed by atoms with van der Waals surface area (Å²) in [5.74, 6) is 0. The van der Waals surface area contributed by atoms with E-state index in [4.69, 9.17) is 10.5 Å². The molecule has 0 aromatic heterocycles. The van der Waals surface area contributed by atoms with Gasteiger partial charge in [-0.1, -0.05) is 29.8 Å². The number of hydrogen-bond acceptors (Lipinski definition) is 5. The molecule has 130 valence electrons. The Labute approximate surface area is 151 Å². The van der Waals surface area contributed by atoms with Crippen LogP contribution in [0, 0.1) is 29.6 Å². The van der Waals surface area contributed by atoms with E-state index in [2.05, 4.69) is 5.32 Å². The molecule has 7 nitrogen and oxygen atoms in total. The Kier molecular flexibility index (Phi) is 5.74. The molecule has 26 heavy (non-hydrogen) atoms. The van der Waals surface area contributed by atoms with Crippen LogP contribution in [0.5, 0.6) is 0 Å². The van der Waals surface area contributed by atoms with Gasteiger partial charge in [0.2, 0.25) is 0 Å². The van der Waals surface area contributed by atoms with Crippen LogP contribution in [0.2, 0.25) is 0 Å². The molecule has 2 amide bonds. The lowest BCUT2D eigenvalue weighted by atomic mass is 10.1. The molecule has 0 aliphatic heterocycles. The third-order valence-corrected chi connectivity index (χ3v) is 4.63. The van der Waals surface area contributed by atoms with Crippen molar-refractivity contribution < 1.29 is 13.2 Å². The van der Waals surface area contributed by atoms with Crippen molar-refractivity contribution in [3.05, 3.63) is 65.2 Å². The summed E-state index contributed by atoms with van der Waals surface area (Å²) in [6.45, 7) is 1.82. The number of aryl methyl sites for hydroxylation is 1. The van der Waals surface area contributed by atoms with E-state index < -0.39 is 16.1 Å². The predicted octanol–water partition coefficient (Wildman–Crippen LogP) is 2.94. The van der Waals surface area contributed by atoms with Gasteiger partial charge in [0.05, 0.1) is 4.90 Å². The third-order valence-electron chi connectivity index (χ3n) is 3.28. The number of nitriles is 2. The number of hydrogen-bond donors (Lipinski definition) is 2. The molecule has 2 rings (SSSR count). The van der Waals surface area contributed by atoms with E-state index in [0.29, 0.717) is 11.3 Å². The van der Waals surface area contributed by atoms with Crippen molar-refractivity contribution >= 4 is 27.8 Å². The minimum atomic E-state index is -3.97. The maximum Gasteiger partial charge on any atom is 0.333 e. The van der Waals surface area contributed by atoms with E-state index in [-0.39, 0.29) is 10.5 Å². The lowest BCUT2D eigenvalue weighted by Crippen LogP contribution is -2.34. The number of carbonyl (C=O) groups is 1. The summed E-state index contributed by atoms with van der Waals surface area (Å²) in [7, 11) is -3.97. The van der Waals surface area contributed by atoms with E-state index in [1.165, 1.54) is 30.3 Å². The van der Waals surface area contributed by atoms with Crippen molar-refractivity contribution in [3.63, 3.8) is 0 Å². The number of allylic oxidation sites excluding steroid dienone is 1. The number of benzene rings is 2. The summed E-state index contributed by atoms with van der Waals surface area (Å²) in [6.07, 6.45) is 1.39. The first-order valence-corrected chi connectivity index (χ1v) is 8.85. The second-order valence-electron chi connectivity index (χ2n) is 5.28. The maximum atomic E-state index is 12.1. The monoisotopic (exact) mass is 366 g/mol. The molecule has 0 atom stereocenters. The predicted molar refractivity (Wildman–Crippen MR) is 96.2 cm³/mol. The normalized spacial score (nSPS) is 10.1. The van der Waals surface area contributed by atoms with Gasteiger partial charge < -0.3 is 5.32 Å². The standard InChI is InChI=1S/C18H14N4O3S/c1-13-2-8-17(9-3-13)26(24,25)22-18(23)21-16-6-4-14(5-7-16)10-15(11-19)12-20/h2-10H,1H3,(H2,21,22,23). The Hall–Kier alpha value is -3.62. The van der Waals surface area contributed by atoms with Gasteiger partial charge in [-0.3, -0.25) is 0 Å². The number of nitrogens with zero attached hydrogens (tertiary/aromatic N) is 2. The molecular formula is C18H14N4O3S. The van der Waals surface area contributed by atoms with E-state index in [1.807, 2.05) is 11.6 Å². The van der Waals surface area contributed by atoms with Gasteiger partial charge in [0, 0.05) is 5.69 Å². The number of nitrogens with one attached hydrogen (secondary N) is 2. The zero-order valence-electron chi connectivity index (χ0n) is 13.7. The van der Waals surface area contributed by atoms with Crippen LogP contribution >= 0.6 is 0 Å². The molecule has 0 aliphatic carbocycles. The molecule has 8 heteroatoms. The Morgan fingerprint density at radius 1 is 1.00 bits per heavy atom. The first-order valence-electron chi connectivity index (χ1n) is 7.36. The highest BCUT2D eigenvalue weighted by atomic mass is 32.2. The smallest absolute Gasteiger partial charge is 0.307 e. The van der Waals surface area contributed by atoms with Crippen LogP contribution in [-0.2, 0) is 10.0 Å². The molecule has 0 aliphatic rings. The van der Waals surface area contributed by atoms with Crippen molar-refractivity contribution in [1.29, 1.82) is 10.5 Å². The second-order valence-corrected chi connectivity index (χ2v) is 6.96. The van der Waals surface area contributed by atoms with Crippen molar-refractivity contribution in [2.45, 2.75) is 11.8 Å². The lowest BCUT2D eigenvalue weighted by molar-refractivity contribution is 0.256. The van der Waals surface area contributed by atoms with Crippen molar-refractivity contribution in [2.24, 2.45) is 0 Å². The van der Waals surface area contributed by atoms with Gasteiger partial charge in [-0.05, 0) is 42.8 Å². The van der Waals surface area contributed by atoms with Crippen molar-refractivity contribution in [1.82, 2.24) is 4.72 Å². The average molecular weight is 366 g/mol. The highest BCUT2D eigenvalue weighted by Gasteiger charge is 2.17. The van der Waals surface area contributed by atoms with Crippen LogP contribution < -0.4 is 10.0 Å². The molecule has 2 aromatic rings. The topological polar surface area (TPSA) is 123 Å². The molecule has 2 N–H and O–H groups in total. The number of sulfonamides is 1. The highest BCUT2D eigenvalue weighted by molar-refractivity contribution is 7.90. The summed E-state index contributed by atoms with van der Waals surface area (Å²) < 4.78 is 26.2. The summed E-state index contributed by atoms with van der Waals surface area (Å²) in [6, 6.07) is 14.9. The number of urea groups is 1. The third kappa shape index (κ3) is 4.94. The Bertz CT molecular complexity index is 1010. The van der Waals surface area contributed by atoms with Gasteiger partial charge in [0.1, 0.15) is 17.7 Å². The molecular weight excluding hydrogens is 352 g/mol. The molecule has 0 radical (unpaired) electrons. The molecule has 2 aromatic carbocycles. The van der Waals surface area contributed by atoms with Crippen LogP contribution in [0.1, 0.15) is 11.1 Å². The van der Waals surface area contributed by atoms with E-state index in [9.17, 15) is 13.2 Å². The summed E-state index contributed by atoms with van der Waals surface area (Å²) in [5.41, 5.74) is 1.81. The van der Waals surface area contributed by atoms with Gasteiger partial charge >= 0.3 is 6.03 Å². The fourth-order valence-electron chi connectivity index (χ4n) is 1.97. The molecule has 0 heterocycles. The zero-order chi connectivity index (χ0) is 19.2. The summed E-state index contributed by atoms with van der Waals surface area (Å²) in [5, 5.41) is 19.8. The minimum absolute atomic E-state index is 0.0146. The lowest BCUT2D eigenvalue weighted by Gasteiger charge is -2.09. The van der Waals surface area contributed by atoms with Gasteiger partial charge in [-0.15, -0.1) is 0 Å². The van der Waals surface area contributed by atoms with Crippen molar-refractivity contribution in [3.8, 4) is 12.1 Å². The quantitative estimate of drug-likeness (QED) is 0.805. The van der Waals surface area contributed by atoms with Crippen LogP contribution in [0.25, 0.3) is 6.08 Å². The van der Waals surface area contributed by atoms with Gasteiger partial charge in [0.25, 0.3) is 10.0 Å². The highest BCUT2D eigenvalue weighted by Crippen LogP contribution is 2.13. The largest absolute Gasteiger partial charge is 0.333 e. The molecule has 0 spiro atoms. The van der Waals surface area contributed by atoms with Crippen LogP contribution in [0.15, 0.2) is 59.0 Å². The second kappa shape index (κ2) is 7.97. The molecule has 0 saturated heterocycles. The van der Waals surface area contributed by atoms with Gasteiger partial charge in [-0.2, -0.15) is 10.5 Å². The summed E-state index contributed by atoms with van der Waals surface area (Å²) >= 11 is 0. The van der Waals surface area contributed by atoms with E-state index in [1.54, 1.807) is 36.4 Å². The Morgan fingerprint density at radius 3 is 2.12 bits per heavy atom. The van der Waals surface area contributed by atoms with E-state index >= 15 is 0 Å². The number of rotatable bonds is 4. The van der Waals surface area contributed by atoms with Gasteiger partial charge in [-0.25, -0.2) is 17.9 Å². The maximum absolute atomic E-state index is 12.1. The Balaban J connectivity index is 2.06. The molecule has 0 unspecified atom stereocenters. The zero-order valence-corrected chi connectivity index (χ0v) is 14.5. The average Bonchev–Trinajstić information content (AvgIpc) is 2.61. The van der Waals surface area contributed by atoms with Crippen LogP contribution in [0.3, 0.4) is 0 Å². The van der Waals surface area contributed by atoms with Crippen molar-refractivity contribution in [2.75, 3.05) is 5.32 Å². The molecule has 0 fully saturated rings. The van der Waals surface area contributed by atoms with Crippen LogP contribution in [0.4, 0.5) is 10.5 Å². The molecule has 0 saturated carbocycles. The minimum Gasteiger partial charge on any atom is -0.307 e. The fraction of sp³-hybridized carbons (Fsp3) is 0.0556.